The molecule has 0 amide bonds. The lowest BCUT2D eigenvalue weighted by molar-refractivity contribution is -0.428. The smallest absolute Gasteiger partial charge is 0.244 e. The zero-order valence-corrected chi connectivity index (χ0v) is 12.3. The summed E-state index contributed by atoms with van der Waals surface area (Å²) < 4.78 is 194. The van der Waals surface area contributed by atoms with Gasteiger partial charge in [0.05, 0.1) is 0 Å². The van der Waals surface area contributed by atoms with E-state index >= 15 is 0 Å². The van der Waals surface area contributed by atoms with E-state index in [9.17, 15) is 65.9 Å². The Morgan fingerprint density at radius 1 is 0.577 bits per heavy atom. The van der Waals surface area contributed by atoms with Crippen molar-refractivity contribution in [1.29, 1.82) is 0 Å². The molecule has 0 saturated carbocycles. The third kappa shape index (κ3) is 3.08. The van der Waals surface area contributed by atoms with Crippen LogP contribution in [0.2, 0.25) is 0 Å². The van der Waals surface area contributed by atoms with E-state index in [0.717, 1.165) is 0 Å². The first-order chi connectivity index (χ1) is 11.1. The maximum atomic E-state index is 14.4. The monoisotopic (exact) mass is 426 g/mol. The van der Waals surface area contributed by atoms with E-state index in [1.54, 1.807) is 0 Å². The van der Waals surface area contributed by atoms with E-state index in [4.69, 9.17) is 0 Å². The maximum Gasteiger partial charge on any atom is 0.460 e. The summed E-state index contributed by atoms with van der Waals surface area (Å²) in [5.41, 5.74) is -14.3. The molecule has 15 heteroatoms. The van der Waals surface area contributed by atoms with Crippen molar-refractivity contribution < 1.29 is 65.9 Å². The number of hydrogen-bond acceptors (Lipinski definition) is 0. The van der Waals surface area contributed by atoms with Crippen molar-refractivity contribution in [3.05, 3.63) is 0 Å². The zero-order chi connectivity index (χ0) is 21.6. The minimum absolute atomic E-state index is 0.403. The first-order valence-corrected chi connectivity index (χ1v) is 6.33. The van der Waals surface area contributed by atoms with E-state index < -0.39 is 61.0 Å². The molecule has 0 aromatic carbocycles. The van der Waals surface area contributed by atoms with Gasteiger partial charge in [-0.1, -0.05) is 13.3 Å². The Hall–Kier alpha value is -1.05. The summed E-state index contributed by atoms with van der Waals surface area (Å²) in [6, 6.07) is 0. The van der Waals surface area contributed by atoms with Gasteiger partial charge in [0, 0.05) is 0 Å². The van der Waals surface area contributed by atoms with Gasteiger partial charge in [-0.2, -0.15) is 52.7 Å². The summed E-state index contributed by atoms with van der Waals surface area (Å²) in [4.78, 5) is 0. The van der Waals surface area contributed by atoms with E-state index in [2.05, 4.69) is 0 Å². The van der Waals surface area contributed by atoms with Gasteiger partial charge in [0.2, 0.25) is 5.67 Å². The molecule has 2 unspecified atom stereocenters. The van der Waals surface area contributed by atoms with Gasteiger partial charge in [-0.25, -0.2) is 13.2 Å². The van der Waals surface area contributed by atoms with Crippen LogP contribution in [-0.4, -0.2) is 48.1 Å². The standard InChI is InChI=1S/C11H9F15/c1-2-3-5(13,8(17,18)9(19,20)11(24,25)26)7(16,10(21,22)23)6(14,15)4-12/h2-4H2,1H3. The summed E-state index contributed by atoms with van der Waals surface area (Å²) in [7, 11) is 0. The van der Waals surface area contributed by atoms with Gasteiger partial charge in [0.25, 0.3) is 0 Å². The van der Waals surface area contributed by atoms with E-state index in [1.165, 1.54) is 0 Å². The van der Waals surface area contributed by atoms with Crippen molar-refractivity contribution in [3.63, 3.8) is 0 Å². The Kier molecular flexibility index (Phi) is 6.27. The Morgan fingerprint density at radius 2 is 0.962 bits per heavy atom. The highest BCUT2D eigenvalue weighted by atomic mass is 19.4. The lowest BCUT2D eigenvalue weighted by Gasteiger charge is -2.48. The molecule has 0 spiro atoms. The molecule has 0 bridgehead atoms. The Balaban J connectivity index is 7.08. The second-order valence-electron chi connectivity index (χ2n) is 5.19. The van der Waals surface area contributed by atoms with Crippen molar-refractivity contribution in [2.24, 2.45) is 0 Å². The number of halogens is 15. The Bertz CT molecular complexity index is 489. The predicted molar refractivity (Wildman–Crippen MR) is 55.5 cm³/mol. The quantitative estimate of drug-likeness (QED) is 0.425. The van der Waals surface area contributed by atoms with Crippen molar-refractivity contribution in [2.75, 3.05) is 6.67 Å². The van der Waals surface area contributed by atoms with Crippen LogP contribution >= 0.6 is 0 Å². The van der Waals surface area contributed by atoms with Crippen LogP contribution in [0.5, 0.6) is 0 Å². The summed E-state index contributed by atoms with van der Waals surface area (Å²) in [5.74, 6) is -22.1. The van der Waals surface area contributed by atoms with E-state index in [-0.39, 0.29) is 0 Å². The van der Waals surface area contributed by atoms with Gasteiger partial charge in [-0.3, -0.25) is 0 Å². The lowest BCUT2D eigenvalue weighted by atomic mass is 9.71. The molecule has 2 atom stereocenters. The highest BCUT2D eigenvalue weighted by Gasteiger charge is 2.92. The topological polar surface area (TPSA) is 0 Å². The van der Waals surface area contributed by atoms with Gasteiger partial charge in [-0.15, -0.1) is 0 Å². The average Bonchev–Trinajstić information content (AvgIpc) is 2.43. The van der Waals surface area contributed by atoms with Crippen LogP contribution in [0.15, 0.2) is 0 Å². The molecule has 0 aliphatic rings. The Labute approximate surface area is 135 Å². The molecule has 26 heavy (non-hydrogen) atoms. The average molecular weight is 426 g/mol. The molecule has 0 radical (unpaired) electrons. The highest BCUT2D eigenvalue weighted by molar-refractivity contribution is 5.21. The minimum Gasteiger partial charge on any atom is -0.244 e. The zero-order valence-electron chi connectivity index (χ0n) is 12.3. The fourth-order valence-electron chi connectivity index (χ4n) is 2.13. The molecule has 0 saturated heterocycles. The van der Waals surface area contributed by atoms with Gasteiger partial charge in [0.15, 0.2) is 6.67 Å². The summed E-state index contributed by atoms with van der Waals surface area (Å²) in [6.07, 6.45) is -19.3. The van der Waals surface area contributed by atoms with E-state index in [0.29, 0.717) is 6.92 Å². The normalized spacial score (nSPS) is 19.8. The first kappa shape index (κ1) is 24.9. The van der Waals surface area contributed by atoms with Crippen LogP contribution in [0.4, 0.5) is 65.9 Å². The van der Waals surface area contributed by atoms with Crippen LogP contribution in [0.3, 0.4) is 0 Å². The molecule has 0 rings (SSSR count). The second-order valence-corrected chi connectivity index (χ2v) is 5.19. The van der Waals surface area contributed by atoms with Gasteiger partial charge in [0.1, 0.15) is 0 Å². The lowest BCUT2D eigenvalue weighted by Crippen LogP contribution is -2.77. The van der Waals surface area contributed by atoms with Crippen molar-refractivity contribution in [2.45, 2.75) is 61.2 Å². The molecule has 0 fully saturated rings. The Morgan fingerprint density at radius 3 is 1.19 bits per heavy atom. The number of hydrogen-bond donors (Lipinski definition) is 0. The molecule has 0 aromatic heterocycles. The van der Waals surface area contributed by atoms with Crippen molar-refractivity contribution in [3.8, 4) is 0 Å². The van der Waals surface area contributed by atoms with Gasteiger partial charge < -0.3 is 0 Å². The summed E-state index contributed by atoms with van der Waals surface area (Å²) in [6.45, 7) is -3.41. The number of rotatable bonds is 7. The molecule has 0 aromatic rings. The molecule has 0 aliphatic heterocycles. The van der Waals surface area contributed by atoms with Crippen LogP contribution in [0.25, 0.3) is 0 Å². The van der Waals surface area contributed by atoms with Crippen LogP contribution in [-0.2, 0) is 0 Å². The van der Waals surface area contributed by atoms with Gasteiger partial charge >= 0.3 is 35.8 Å². The first-order valence-electron chi connectivity index (χ1n) is 6.33. The molecule has 0 heterocycles. The molecule has 0 nitrogen and oxygen atoms in total. The maximum absolute atomic E-state index is 14.4. The third-order valence-corrected chi connectivity index (χ3v) is 3.45. The minimum atomic E-state index is -7.70. The van der Waals surface area contributed by atoms with Crippen molar-refractivity contribution >= 4 is 0 Å². The van der Waals surface area contributed by atoms with E-state index in [1.807, 2.05) is 0 Å². The van der Waals surface area contributed by atoms with Gasteiger partial charge in [-0.05, 0) is 6.42 Å². The molecule has 158 valence electrons. The second kappa shape index (κ2) is 6.53. The van der Waals surface area contributed by atoms with Crippen molar-refractivity contribution in [1.82, 2.24) is 0 Å². The number of alkyl halides is 15. The largest absolute Gasteiger partial charge is 0.460 e. The molecular formula is C11H9F15. The fraction of sp³-hybridized carbons (Fsp3) is 1.00. The third-order valence-electron chi connectivity index (χ3n) is 3.45. The summed E-state index contributed by atoms with van der Waals surface area (Å²) >= 11 is 0. The van der Waals surface area contributed by atoms with Crippen LogP contribution in [0, 0.1) is 0 Å². The van der Waals surface area contributed by atoms with Crippen LogP contribution in [0.1, 0.15) is 19.8 Å². The highest BCUT2D eigenvalue weighted by Crippen LogP contribution is 2.64. The molecule has 0 N–H and O–H groups in total. The van der Waals surface area contributed by atoms with Crippen LogP contribution < -0.4 is 0 Å². The predicted octanol–water partition coefficient (Wildman–Crippen LogP) is 6.20. The SMILES string of the molecule is CCCC(F)(C(F)(F)C(F)(F)C(F)(F)F)C(F)(C(F)(F)F)C(F)(F)CF. The fourth-order valence-corrected chi connectivity index (χ4v) is 2.13. The molecule has 0 aliphatic carbocycles. The summed E-state index contributed by atoms with van der Waals surface area (Å²) in [5, 5.41) is 0. The molecular weight excluding hydrogens is 417 g/mol.